The zero-order chi connectivity index (χ0) is 21.4. The highest BCUT2D eigenvalue weighted by Gasteiger charge is 2.44. The molecule has 0 bridgehead atoms. The van der Waals surface area contributed by atoms with Crippen LogP contribution in [-0.2, 0) is 16.0 Å². The standard InChI is InChI=1S/C23H24N2O5/c1-4-20(26)25-18(23(27)28)12-15-14-7-5-6-8-17(14)24-21(15)22(25)16-11-13(29-2)9-10-19(16)30-3/h5-11,18,22,24H,4,12H2,1-3H3,(H,27,28)/t18-,22+/m1/s1. The van der Waals surface area contributed by atoms with Crippen LogP contribution in [0, 0.1) is 0 Å². The van der Waals surface area contributed by atoms with Gasteiger partial charge in [0.1, 0.15) is 23.6 Å². The minimum absolute atomic E-state index is 0.197. The number of carbonyl (C=O) groups is 2. The second kappa shape index (κ2) is 7.74. The van der Waals surface area contributed by atoms with Gasteiger partial charge in [-0.15, -0.1) is 0 Å². The number of aromatic amines is 1. The number of ether oxygens (including phenoxy) is 2. The van der Waals surface area contributed by atoms with Gasteiger partial charge in [-0.2, -0.15) is 0 Å². The summed E-state index contributed by atoms with van der Waals surface area (Å²) in [6.07, 6.45) is 0.436. The molecule has 2 heterocycles. The molecule has 3 aromatic rings. The predicted octanol–water partition coefficient (Wildman–Crippen LogP) is 3.52. The molecule has 1 aliphatic heterocycles. The van der Waals surface area contributed by atoms with Gasteiger partial charge in [-0.05, 0) is 29.8 Å². The zero-order valence-corrected chi connectivity index (χ0v) is 17.1. The number of hydrogen-bond acceptors (Lipinski definition) is 4. The zero-order valence-electron chi connectivity index (χ0n) is 17.1. The molecule has 0 spiro atoms. The molecule has 2 aromatic carbocycles. The van der Waals surface area contributed by atoms with Crippen LogP contribution in [0.2, 0.25) is 0 Å². The number of aromatic nitrogens is 1. The number of methoxy groups -OCH3 is 2. The number of aliphatic carboxylic acids is 1. The van der Waals surface area contributed by atoms with Crippen LogP contribution >= 0.6 is 0 Å². The van der Waals surface area contributed by atoms with Crippen molar-refractivity contribution in [3.8, 4) is 11.5 Å². The van der Waals surface area contributed by atoms with Crippen LogP contribution in [0.1, 0.15) is 36.2 Å². The monoisotopic (exact) mass is 408 g/mol. The first-order chi connectivity index (χ1) is 14.5. The van der Waals surface area contributed by atoms with E-state index in [-0.39, 0.29) is 18.7 Å². The van der Waals surface area contributed by atoms with Gasteiger partial charge < -0.3 is 24.5 Å². The first kappa shape index (κ1) is 19.8. The van der Waals surface area contributed by atoms with Crippen molar-refractivity contribution in [3.63, 3.8) is 0 Å². The van der Waals surface area contributed by atoms with Crippen LogP contribution in [0.3, 0.4) is 0 Å². The molecule has 0 radical (unpaired) electrons. The number of carbonyl (C=O) groups excluding carboxylic acids is 1. The van der Waals surface area contributed by atoms with Gasteiger partial charge in [0, 0.05) is 35.0 Å². The van der Waals surface area contributed by atoms with Gasteiger partial charge in [-0.3, -0.25) is 4.79 Å². The fraction of sp³-hybridized carbons (Fsp3) is 0.304. The second-order valence-electron chi connectivity index (χ2n) is 7.29. The first-order valence-corrected chi connectivity index (χ1v) is 9.85. The van der Waals surface area contributed by atoms with Gasteiger partial charge in [0.2, 0.25) is 5.91 Å². The molecule has 2 N–H and O–H groups in total. The smallest absolute Gasteiger partial charge is 0.326 e. The Morgan fingerprint density at radius 3 is 2.60 bits per heavy atom. The molecule has 7 nitrogen and oxygen atoms in total. The molecule has 1 aromatic heterocycles. The van der Waals surface area contributed by atoms with E-state index in [1.807, 2.05) is 24.3 Å². The van der Waals surface area contributed by atoms with Crippen molar-refractivity contribution >= 4 is 22.8 Å². The van der Waals surface area contributed by atoms with Gasteiger partial charge in [-0.25, -0.2) is 4.79 Å². The quantitative estimate of drug-likeness (QED) is 0.674. The molecular formula is C23H24N2O5. The fourth-order valence-corrected chi connectivity index (χ4v) is 4.35. The van der Waals surface area contributed by atoms with Crippen molar-refractivity contribution in [2.75, 3.05) is 14.2 Å². The Morgan fingerprint density at radius 1 is 1.17 bits per heavy atom. The molecule has 30 heavy (non-hydrogen) atoms. The predicted molar refractivity (Wildman–Crippen MR) is 112 cm³/mol. The first-order valence-electron chi connectivity index (χ1n) is 9.85. The molecule has 1 aliphatic rings. The van der Waals surface area contributed by atoms with Crippen molar-refractivity contribution in [2.24, 2.45) is 0 Å². The van der Waals surface area contributed by atoms with Crippen LogP contribution in [0.5, 0.6) is 11.5 Å². The van der Waals surface area contributed by atoms with Crippen LogP contribution < -0.4 is 9.47 Å². The highest BCUT2D eigenvalue weighted by atomic mass is 16.5. The molecule has 0 fully saturated rings. The van der Waals surface area contributed by atoms with Gasteiger partial charge in [0.15, 0.2) is 0 Å². The summed E-state index contributed by atoms with van der Waals surface area (Å²) in [6.45, 7) is 1.74. The number of nitrogens with zero attached hydrogens (tertiary/aromatic N) is 1. The van der Waals surface area contributed by atoms with Crippen LogP contribution in [0.4, 0.5) is 0 Å². The van der Waals surface area contributed by atoms with Crippen LogP contribution in [0.25, 0.3) is 10.9 Å². The Hall–Kier alpha value is -3.48. The summed E-state index contributed by atoms with van der Waals surface area (Å²) in [5, 5.41) is 11.0. The minimum atomic E-state index is -1.03. The fourth-order valence-electron chi connectivity index (χ4n) is 4.35. The van der Waals surface area contributed by atoms with Crippen LogP contribution in [0.15, 0.2) is 42.5 Å². The lowest BCUT2D eigenvalue weighted by molar-refractivity contribution is -0.152. The second-order valence-corrected chi connectivity index (χ2v) is 7.29. The lowest BCUT2D eigenvalue weighted by Gasteiger charge is -2.40. The SMILES string of the molecule is CCC(=O)N1[C@@H](c2cc(OC)ccc2OC)c2[nH]c3ccccc3c2C[C@@H]1C(=O)O. The van der Waals surface area contributed by atoms with Gasteiger partial charge in [0.25, 0.3) is 0 Å². The molecular weight excluding hydrogens is 384 g/mol. The molecule has 4 rings (SSSR count). The van der Waals surface area contributed by atoms with Crippen molar-refractivity contribution in [1.29, 1.82) is 0 Å². The maximum absolute atomic E-state index is 13.0. The highest BCUT2D eigenvalue weighted by Crippen LogP contribution is 2.44. The number of nitrogens with one attached hydrogen (secondary N) is 1. The average molecular weight is 408 g/mol. The molecule has 1 amide bonds. The van der Waals surface area contributed by atoms with Crippen molar-refractivity contribution in [1.82, 2.24) is 9.88 Å². The summed E-state index contributed by atoms with van der Waals surface area (Å²) in [4.78, 5) is 30.2. The largest absolute Gasteiger partial charge is 0.497 e. The maximum Gasteiger partial charge on any atom is 0.326 e. The molecule has 0 aliphatic carbocycles. The summed E-state index contributed by atoms with van der Waals surface area (Å²) in [7, 11) is 3.12. The molecule has 7 heteroatoms. The van der Waals surface area contributed by atoms with E-state index in [1.165, 1.54) is 4.90 Å². The summed E-state index contributed by atoms with van der Waals surface area (Å²) in [5.41, 5.74) is 3.30. The molecule has 156 valence electrons. The van der Waals surface area contributed by atoms with Gasteiger partial charge >= 0.3 is 5.97 Å². The van der Waals surface area contributed by atoms with E-state index < -0.39 is 18.1 Å². The number of carboxylic acids is 1. The summed E-state index contributed by atoms with van der Waals surface area (Å²) < 4.78 is 11.0. The highest BCUT2D eigenvalue weighted by molar-refractivity contribution is 5.90. The number of para-hydroxylation sites is 1. The van der Waals surface area contributed by atoms with E-state index in [9.17, 15) is 14.7 Å². The number of carboxylic acid groups (broad SMARTS) is 1. The van der Waals surface area contributed by atoms with E-state index in [4.69, 9.17) is 9.47 Å². The Labute approximate surface area is 174 Å². The number of H-pyrrole nitrogens is 1. The van der Waals surface area contributed by atoms with Crippen molar-refractivity contribution in [3.05, 3.63) is 59.3 Å². The molecule has 0 unspecified atom stereocenters. The Morgan fingerprint density at radius 2 is 1.93 bits per heavy atom. The van der Waals surface area contributed by atoms with E-state index in [0.29, 0.717) is 17.1 Å². The average Bonchev–Trinajstić information content (AvgIpc) is 3.15. The topological polar surface area (TPSA) is 91.9 Å². The number of hydrogen-bond donors (Lipinski definition) is 2. The number of fused-ring (bicyclic) bond motifs is 3. The van der Waals surface area contributed by atoms with E-state index in [1.54, 1.807) is 39.3 Å². The number of benzene rings is 2. The third-order valence-corrected chi connectivity index (χ3v) is 5.74. The van der Waals surface area contributed by atoms with Crippen LogP contribution in [-0.4, -0.2) is 47.1 Å². The maximum atomic E-state index is 13.0. The van der Waals surface area contributed by atoms with Crippen molar-refractivity contribution in [2.45, 2.75) is 31.8 Å². The van der Waals surface area contributed by atoms with Crippen molar-refractivity contribution < 1.29 is 24.2 Å². The summed E-state index contributed by atoms with van der Waals surface area (Å²) >= 11 is 0. The minimum Gasteiger partial charge on any atom is -0.497 e. The third kappa shape index (κ3) is 3.07. The molecule has 0 saturated heterocycles. The molecule has 2 atom stereocenters. The lowest BCUT2D eigenvalue weighted by Crippen LogP contribution is -2.51. The Bertz CT molecular complexity index is 1120. The normalized spacial score (nSPS) is 18.2. The molecule has 0 saturated carbocycles. The van der Waals surface area contributed by atoms with E-state index in [2.05, 4.69) is 4.98 Å². The third-order valence-electron chi connectivity index (χ3n) is 5.74. The lowest BCUT2D eigenvalue weighted by atomic mass is 9.87. The Balaban J connectivity index is 2.04. The van der Waals surface area contributed by atoms with Gasteiger partial charge in [0.05, 0.1) is 14.2 Å². The Kier molecular flexibility index (Phi) is 5.11. The van der Waals surface area contributed by atoms with E-state index >= 15 is 0 Å². The van der Waals surface area contributed by atoms with Gasteiger partial charge in [-0.1, -0.05) is 25.1 Å². The summed E-state index contributed by atoms with van der Waals surface area (Å²) in [6, 6.07) is 11.5. The number of amides is 1. The number of rotatable bonds is 5. The van der Waals surface area contributed by atoms with E-state index in [0.717, 1.165) is 22.2 Å². The summed E-state index contributed by atoms with van der Waals surface area (Å²) in [5.74, 6) is -0.101.